The highest BCUT2D eigenvalue weighted by Crippen LogP contribution is 2.30. The summed E-state index contributed by atoms with van der Waals surface area (Å²) in [6.45, 7) is 14.0. The number of hydrogen-bond acceptors (Lipinski definition) is 6. The van der Waals surface area contributed by atoms with E-state index in [2.05, 4.69) is 41.5 Å². The molecule has 0 amide bonds. The molecule has 6 heteroatoms. The quantitative estimate of drug-likeness (QED) is 0.237. The zero-order valence-electron chi connectivity index (χ0n) is 22.2. The van der Waals surface area contributed by atoms with Gasteiger partial charge in [-0.2, -0.15) is 0 Å². The molecule has 2 aromatic rings. The molecule has 6 nitrogen and oxygen atoms in total. The van der Waals surface area contributed by atoms with Crippen molar-refractivity contribution in [1.29, 1.82) is 0 Å². The second kappa shape index (κ2) is 13.8. The van der Waals surface area contributed by atoms with Crippen molar-refractivity contribution < 1.29 is 28.5 Å². The molecule has 0 unspecified atom stereocenters. The van der Waals surface area contributed by atoms with Crippen LogP contribution in [0, 0.1) is 17.8 Å². The number of carbonyl (C=O) groups excluding carboxylic acids is 2. The maximum atomic E-state index is 13.6. The lowest BCUT2D eigenvalue weighted by Crippen LogP contribution is -2.12. The van der Waals surface area contributed by atoms with Crippen molar-refractivity contribution in [2.24, 2.45) is 17.8 Å². The SMILES string of the molecule is COC(=O)CCc1cc(C(=O)c2ccc(OCC(C)C)cc2OCC(C)C)ccc1OCC(C)C. The third kappa shape index (κ3) is 9.27. The number of carbonyl (C=O) groups is 2. The second-order valence-electron chi connectivity index (χ2n) is 10.0. The van der Waals surface area contributed by atoms with E-state index in [1.807, 2.05) is 0 Å². The molecule has 35 heavy (non-hydrogen) atoms. The molecule has 0 aromatic heterocycles. The third-order valence-corrected chi connectivity index (χ3v) is 5.07. The predicted octanol–water partition coefficient (Wildman–Crippen LogP) is 6.13. The van der Waals surface area contributed by atoms with Gasteiger partial charge in [0.15, 0.2) is 5.78 Å². The topological polar surface area (TPSA) is 71.1 Å². The third-order valence-electron chi connectivity index (χ3n) is 5.07. The summed E-state index contributed by atoms with van der Waals surface area (Å²) in [5.41, 5.74) is 1.77. The Kier molecular flexibility index (Phi) is 11.1. The molecule has 0 atom stereocenters. The zero-order valence-corrected chi connectivity index (χ0v) is 22.2. The van der Waals surface area contributed by atoms with E-state index in [1.54, 1.807) is 36.4 Å². The summed E-state index contributed by atoms with van der Waals surface area (Å²) in [6.07, 6.45) is 0.622. The first-order valence-corrected chi connectivity index (χ1v) is 12.4. The summed E-state index contributed by atoms with van der Waals surface area (Å²) in [5, 5.41) is 0. The Balaban J connectivity index is 2.38. The van der Waals surface area contributed by atoms with Gasteiger partial charge in [-0.1, -0.05) is 41.5 Å². The minimum absolute atomic E-state index is 0.158. The van der Waals surface area contributed by atoms with Gasteiger partial charge < -0.3 is 18.9 Å². The van der Waals surface area contributed by atoms with Crippen molar-refractivity contribution in [2.45, 2.75) is 54.4 Å². The van der Waals surface area contributed by atoms with Crippen molar-refractivity contribution in [2.75, 3.05) is 26.9 Å². The van der Waals surface area contributed by atoms with Crippen LogP contribution in [-0.2, 0) is 16.0 Å². The summed E-state index contributed by atoms with van der Waals surface area (Å²) in [4.78, 5) is 25.3. The fraction of sp³-hybridized carbons (Fsp3) is 0.517. The van der Waals surface area contributed by atoms with Gasteiger partial charge in [0.25, 0.3) is 0 Å². The monoisotopic (exact) mass is 484 g/mol. The van der Waals surface area contributed by atoms with Gasteiger partial charge >= 0.3 is 5.97 Å². The molecule has 2 rings (SSSR count). The molecule has 0 saturated heterocycles. The molecule has 0 saturated carbocycles. The van der Waals surface area contributed by atoms with Crippen molar-refractivity contribution >= 4 is 11.8 Å². The van der Waals surface area contributed by atoms with Crippen LogP contribution in [0.1, 0.15) is 69.4 Å². The fourth-order valence-corrected chi connectivity index (χ4v) is 3.23. The summed E-state index contributed by atoms with van der Waals surface area (Å²) in [7, 11) is 1.37. The number of rotatable bonds is 14. The predicted molar refractivity (Wildman–Crippen MR) is 138 cm³/mol. The Morgan fingerprint density at radius 1 is 0.743 bits per heavy atom. The Morgan fingerprint density at radius 3 is 1.94 bits per heavy atom. The van der Waals surface area contributed by atoms with E-state index in [9.17, 15) is 9.59 Å². The minimum atomic E-state index is -0.308. The number of hydrogen-bond donors (Lipinski definition) is 0. The average molecular weight is 485 g/mol. The van der Waals surface area contributed by atoms with E-state index in [0.717, 1.165) is 5.56 Å². The van der Waals surface area contributed by atoms with E-state index in [4.69, 9.17) is 18.9 Å². The average Bonchev–Trinajstić information content (AvgIpc) is 2.83. The molecular formula is C29H40O6. The molecule has 0 aliphatic carbocycles. The second-order valence-corrected chi connectivity index (χ2v) is 10.0. The Hall–Kier alpha value is -3.02. The number of methoxy groups -OCH3 is 1. The molecule has 0 spiro atoms. The van der Waals surface area contributed by atoms with Crippen LogP contribution in [0.25, 0.3) is 0 Å². The Morgan fingerprint density at radius 2 is 1.34 bits per heavy atom. The van der Waals surface area contributed by atoms with Gasteiger partial charge in [0, 0.05) is 18.1 Å². The normalized spacial score (nSPS) is 11.1. The van der Waals surface area contributed by atoms with Gasteiger partial charge in [-0.05, 0) is 60.1 Å². The molecule has 0 fully saturated rings. The van der Waals surface area contributed by atoms with Crippen LogP contribution >= 0.6 is 0 Å². The lowest BCUT2D eigenvalue weighted by atomic mass is 9.98. The molecule has 0 heterocycles. The Bertz CT molecular complexity index is 977. The largest absolute Gasteiger partial charge is 0.493 e. The highest BCUT2D eigenvalue weighted by Gasteiger charge is 2.19. The smallest absolute Gasteiger partial charge is 0.305 e. The number of esters is 1. The molecule has 0 bridgehead atoms. The van der Waals surface area contributed by atoms with Crippen LogP contribution in [0.2, 0.25) is 0 Å². The summed E-state index contributed by atoms with van der Waals surface area (Å²) in [6, 6.07) is 10.7. The molecular weight excluding hydrogens is 444 g/mol. The minimum Gasteiger partial charge on any atom is -0.493 e. The van der Waals surface area contributed by atoms with Crippen LogP contribution in [0.3, 0.4) is 0 Å². The number of benzene rings is 2. The molecule has 0 radical (unpaired) electrons. The van der Waals surface area contributed by atoms with Crippen LogP contribution < -0.4 is 14.2 Å². The lowest BCUT2D eigenvalue weighted by molar-refractivity contribution is -0.140. The summed E-state index contributed by atoms with van der Waals surface area (Å²) < 4.78 is 22.6. The molecule has 192 valence electrons. The summed E-state index contributed by atoms with van der Waals surface area (Å²) in [5.74, 6) is 2.42. The fourth-order valence-electron chi connectivity index (χ4n) is 3.23. The maximum Gasteiger partial charge on any atom is 0.305 e. The molecule has 0 aliphatic rings. The van der Waals surface area contributed by atoms with Crippen LogP contribution in [0.4, 0.5) is 0 Å². The van der Waals surface area contributed by atoms with E-state index in [1.165, 1.54) is 7.11 Å². The van der Waals surface area contributed by atoms with E-state index in [0.29, 0.717) is 72.4 Å². The van der Waals surface area contributed by atoms with Crippen molar-refractivity contribution in [3.8, 4) is 17.2 Å². The first kappa shape index (κ1) is 28.2. The van der Waals surface area contributed by atoms with Crippen molar-refractivity contribution in [3.05, 3.63) is 53.1 Å². The highest BCUT2D eigenvalue weighted by molar-refractivity contribution is 6.11. The first-order chi connectivity index (χ1) is 16.6. The lowest BCUT2D eigenvalue weighted by Gasteiger charge is -2.17. The van der Waals surface area contributed by atoms with Crippen LogP contribution in [-0.4, -0.2) is 38.7 Å². The van der Waals surface area contributed by atoms with Gasteiger partial charge in [-0.15, -0.1) is 0 Å². The van der Waals surface area contributed by atoms with E-state index in [-0.39, 0.29) is 18.2 Å². The molecule has 2 aromatic carbocycles. The Labute approximate surface area is 209 Å². The summed E-state index contributed by atoms with van der Waals surface area (Å²) >= 11 is 0. The van der Waals surface area contributed by atoms with Gasteiger partial charge in [0.2, 0.25) is 0 Å². The van der Waals surface area contributed by atoms with Crippen LogP contribution in [0.15, 0.2) is 36.4 Å². The van der Waals surface area contributed by atoms with E-state index < -0.39 is 0 Å². The number of aryl methyl sites for hydroxylation is 1. The van der Waals surface area contributed by atoms with Crippen molar-refractivity contribution in [3.63, 3.8) is 0 Å². The van der Waals surface area contributed by atoms with Crippen LogP contribution in [0.5, 0.6) is 17.2 Å². The van der Waals surface area contributed by atoms with Gasteiger partial charge in [0.1, 0.15) is 17.2 Å². The number of ketones is 1. The zero-order chi connectivity index (χ0) is 26.0. The molecule has 0 N–H and O–H groups in total. The standard InChI is InChI=1S/C29H40O6/c1-19(2)16-33-24-10-11-25(27(15-24)35-18-21(5)6)29(31)23-8-12-26(34-17-20(3)4)22(14-23)9-13-28(30)32-7/h8,10-12,14-15,19-21H,9,13,16-18H2,1-7H3. The number of ether oxygens (including phenoxy) is 4. The van der Waals surface area contributed by atoms with Crippen molar-refractivity contribution in [1.82, 2.24) is 0 Å². The van der Waals surface area contributed by atoms with E-state index >= 15 is 0 Å². The van der Waals surface area contributed by atoms with Gasteiger partial charge in [-0.3, -0.25) is 9.59 Å². The first-order valence-electron chi connectivity index (χ1n) is 12.4. The maximum absolute atomic E-state index is 13.6. The van der Waals surface area contributed by atoms with Gasteiger partial charge in [0.05, 0.1) is 32.5 Å². The molecule has 0 aliphatic heterocycles. The van der Waals surface area contributed by atoms with Gasteiger partial charge in [-0.25, -0.2) is 0 Å². The highest BCUT2D eigenvalue weighted by atomic mass is 16.5.